The summed E-state index contributed by atoms with van der Waals surface area (Å²) >= 11 is 0. The molecule has 0 saturated heterocycles. The molecule has 1 saturated carbocycles. The van der Waals surface area contributed by atoms with Gasteiger partial charge < -0.3 is 0 Å². The summed E-state index contributed by atoms with van der Waals surface area (Å²) in [6.07, 6.45) is 2.60. The van der Waals surface area contributed by atoms with Crippen LogP contribution in [0.2, 0.25) is 0 Å². The minimum atomic E-state index is 0.227. The van der Waals surface area contributed by atoms with Crippen molar-refractivity contribution >= 4 is 12.1 Å². The fraction of sp³-hybridized carbons (Fsp3) is 0.231. The second-order valence-corrected chi connectivity index (χ2v) is 3.60. The molecule has 1 aliphatic rings. The van der Waals surface area contributed by atoms with Crippen molar-refractivity contribution in [2.45, 2.75) is 12.8 Å². The number of rotatable bonds is 2. The third-order valence-electron chi connectivity index (χ3n) is 2.39. The van der Waals surface area contributed by atoms with Gasteiger partial charge in [-0.3, -0.25) is 9.59 Å². The van der Waals surface area contributed by atoms with Crippen LogP contribution in [0.15, 0.2) is 24.3 Å². The molecule has 0 heterocycles. The molecule has 1 aromatic carbocycles. The van der Waals surface area contributed by atoms with E-state index in [-0.39, 0.29) is 11.7 Å². The first-order chi connectivity index (χ1) is 7.31. The van der Waals surface area contributed by atoms with Crippen LogP contribution < -0.4 is 0 Å². The largest absolute Gasteiger partial charge is 0.294 e. The molecular weight excluding hydrogens is 188 g/mol. The number of hydrogen-bond acceptors (Lipinski definition) is 2. The average Bonchev–Trinajstić information content (AvgIpc) is 3.10. The van der Waals surface area contributed by atoms with Gasteiger partial charge in [-0.25, -0.2) is 0 Å². The van der Waals surface area contributed by atoms with Gasteiger partial charge in [-0.05, 0) is 30.9 Å². The lowest BCUT2D eigenvalue weighted by Crippen LogP contribution is -2.00. The SMILES string of the molecule is O=CC#Cc1ccc(C(=O)C2CC2)cc1. The zero-order valence-electron chi connectivity index (χ0n) is 8.19. The second-order valence-electron chi connectivity index (χ2n) is 3.60. The van der Waals surface area contributed by atoms with E-state index in [0.717, 1.165) is 24.0 Å². The standard InChI is InChI=1S/C13H10O2/c14-9-1-2-10-3-5-11(6-4-10)13(15)12-7-8-12/h3-6,9,12H,7-8H2. The molecule has 0 aliphatic heterocycles. The van der Waals surface area contributed by atoms with E-state index >= 15 is 0 Å². The average molecular weight is 198 g/mol. The van der Waals surface area contributed by atoms with E-state index in [9.17, 15) is 9.59 Å². The van der Waals surface area contributed by atoms with Crippen LogP contribution in [-0.2, 0) is 4.79 Å². The smallest absolute Gasteiger partial charge is 0.193 e. The van der Waals surface area contributed by atoms with Crippen LogP contribution in [0.3, 0.4) is 0 Å². The molecule has 2 nitrogen and oxygen atoms in total. The fourth-order valence-electron chi connectivity index (χ4n) is 1.41. The van der Waals surface area contributed by atoms with Gasteiger partial charge in [0.05, 0.1) is 0 Å². The number of benzene rings is 1. The maximum absolute atomic E-state index is 11.6. The molecule has 0 N–H and O–H groups in total. The summed E-state index contributed by atoms with van der Waals surface area (Å²) in [7, 11) is 0. The summed E-state index contributed by atoms with van der Waals surface area (Å²) in [6, 6.07) is 7.09. The van der Waals surface area contributed by atoms with Gasteiger partial charge in [0, 0.05) is 17.0 Å². The summed E-state index contributed by atoms with van der Waals surface area (Å²) < 4.78 is 0. The summed E-state index contributed by atoms with van der Waals surface area (Å²) in [5, 5.41) is 0. The van der Waals surface area contributed by atoms with E-state index in [2.05, 4.69) is 11.8 Å². The molecule has 0 radical (unpaired) electrons. The first-order valence-electron chi connectivity index (χ1n) is 4.91. The van der Waals surface area contributed by atoms with Crippen molar-refractivity contribution in [1.29, 1.82) is 0 Å². The number of Topliss-reactive ketones (excluding diaryl/α,β-unsaturated/α-hetero) is 1. The van der Waals surface area contributed by atoms with E-state index in [1.165, 1.54) is 0 Å². The molecule has 1 aromatic rings. The summed E-state index contributed by atoms with van der Waals surface area (Å²) in [5.41, 5.74) is 1.50. The predicted molar refractivity (Wildman–Crippen MR) is 56.4 cm³/mol. The lowest BCUT2D eigenvalue weighted by Gasteiger charge is -1.97. The molecule has 15 heavy (non-hydrogen) atoms. The summed E-state index contributed by atoms with van der Waals surface area (Å²) in [6.45, 7) is 0. The van der Waals surface area contributed by atoms with Gasteiger partial charge in [0.2, 0.25) is 0 Å². The van der Waals surface area contributed by atoms with E-state index in [1.54, 1.807) is 24.3 Å². The number of hydrogen-bond donors (Lipinski definition) is 0. The van der Waals surface area contributed by atoms with Crippen LogP contribution in [0.1, 0.15) is 28.8 Å². The van der Waals surface area contributed by atoms with E-state index in [4.69, 9.17) is 0 Å². The Kier molecular flexibility index (Phi) is 2.64. The normalized spacial score (nSPS) is 13.9. The monoisotopic (exact) mass is 198 g/mol. The quantitative estimate of drug-likeness (QED) is 0.412. The number of carbonyl (C=O) groups excluding carboxylic acids is 2. The van der Waals surface area contributed by atoms with Gasteiger partial charge in [-0.2, -0.15) is 0 Å². The Hall–Kier alpha value is -1.88. The second kappa shape index (κ2) is 4.10. The summed E-state index contributed by atoms with van der Waals surface area (Å²) in [5.74, 6) is 5.48. The van der Waals surface area contributed by atoms with Gasteiger partial charge in [-0.1, -0.05) is 18.1 Å². The van der Waals surface area contributed by atoms with Crippen LogP contribution in [0.25, 0.3) is 0 Å². The van der Waals surface area contributed by atoms with Crippen molar-refractivity contribution in [1.82, 2.24) is 0 Å². The molecule has 0 amide bonds. The molecule has 0 aromatic heterocycles. The van der Waals surface area contributed by atoms with Crippen LogP contribution in [0.4, 0.5) is 0 Å². The van der Waals surface area contributed by atoms with Crippen molar-refractivity contribution in [3.63, 3.8) is 0 Å². The lowest BCUT2D eigenvalue weighted by atomic mass is 10.1. The lowest BCUT2D eigenvalue weighted by molar-refractivity contribution is -0.103. The third kappa shape index (κ3) is 2.32. The van der Waals surface area contributed by atoms with Crippen LogP contribution >= 0.6 is 0 Å². The van der Waals surface area contributed by atoms with E-state index < -0.39 is 0 Å². The number of ketones is 1. The minimum absolute atomic E-state index is 0.227. The molecule has 1 fully saturated rings. The Bertz CT molecular complexity index is 442. The highest BCUT2D eigenvalue weighted by Crippen LogP contribution is 2.32. The van der Waals surface area contributed by atoms with Crippen molar-refractivity contribution in [3.8, 4) is 11.8 Å². The number of aldehydes is 1. The fourth-order valence-corrected chi connectivity index (χ4v) is 1.41. The molecular formula is C13H10O2. The third-order valence-corrected chi connectivity index (χ3v) is 2.39. The van der Waals surface area contributed by atoms with Gasteiger partial charge in [-0.15, -0.1) is 0 Å². The molecule has 0 spiro atoms. The Morgan fingerprint density at radius 2 is 1.93 bits per heavy atom. The van der Waals surface area contributed by atoms with Gasteiger partial charge >= 0.3 is 0 Å². The number of carbonyl (C=O) groups is 2. The molecule has 2 heteroatoms. The van der Waals surface area contributed by atoms with Crippen LogP contribution in [0, 0.1) is 17.8 Å². The molecule has 0 unspecified atom stereocenters. The molecule has 1 aliphatic carbocycles. The Balaban J connectivity index is 2.15. The zero-order chi connectivity index (χ0) is 10.7. The Morgan fingerprint density at radius 3 is 2.47 bits per heavy atom. The topological polar surface area (TPSA) is 34.1 Å². The first kappa shape index (κ1) is 9.67. The van der Waals surface area contributed by atoms with Crippen molar-refractivity contribution in [2.75, 3.05) is 0 Å². The minimum Gasteiger partial charge on any atom is -0.294 e. The van der Waals surface area contributed by atoms with Crippen molar-refractivity contribution < 1.29 is 9.59 Å². The Morgan fingerprint density at radius 1 is 1.27 bits per heavy atom. The van der Waals surface area contributed by atoms with Crippen molar-refractivity contribution in [2.24, 2.45) is 5.92 Å². The Labute approximate surface area is 88.3 Å². The van der Waals surface area contributed by atoms with Gasteiger partial charge in [0.15, 0.2) is 12.1 Å². The highest BCUT2D eigenvalue weighted by molar-refractivity contribution is 5.99. The highest BCUT2D eigenvalue weighted by Gasteiger charge is 2.30. The van der Waals surface area contributed by atoms with Gasteiger partial charge in [0.1, 0.15) is 0 Å². The van der Waals surface area contributed by atoms with Crippen molar-refractivity contribution in [3.05, 3.63) is 35.4 Å². The van der Waals surface area contributed by atoms with E-state index in [1.807, 2.05) is 0 Å². The predicted octanol–water partition coefficient (Wildman–Crippen LogP) is 1.83. The maximum atomic E-state index is 11.6. The van der Waals surface area contributed by atoms with Crippen LogP contribution in [-0.4, -0.2) is 12.1 Å². The molecule has 0 bridgehead atoms. The van der Waals surface area contributed by atoms with Gasteiger partial charge in [0.25, 0.3) is 0 Å². The summed E-state index contributed by atoms with van der Waals surface area (Å²) in [4.78, 5) is 21.7. The molecule has 74 valence electrons. The molecule has 0 atom stereocenters. The highest BCUT2D eigenvalue weighted by atomic mass is 16.1. The zero-order valence-corrected chi connectivity index (χ0v) is 8.19. The van der Waals surface area contributed by atoms with E-state index in [0.29, 0.717) is 6.29 Å². The maximum Gasteiger partial charge on any atom is 0.193 e. The first-order valence-corrected chi connectivity index (χ1v) is 4.91. The molecule has 2 rings (SSSR count). The van der Waals surface area contributed by atoms with Crippen LogP contribution in [0.5, 0.6) is 0 Å².